The van der Waals surface area contributed by atoms with Crippen LogP contribution in [0.3, 0.4) is 0 Å². The number of para-hydroxylation sites is 1. The zero-order valence-electron chi connectivity index (χ0n) is 18.2. The van der Waals surface area contributed by atoms with E-state index >= 15 is 0 Å². The summed E-state index contributed by atoms with van der Waals surface area (Å²) in [7, 11) is 0. The van der Waals surface area contributed by atoms with Gasteiger partial charge >= 0.3 is 0 Å². The van der Waals surface area contributed by atoms with Gasteiger partial charge in [-0.05, 0) is 23.3 Å². The first-order valence-corrected chi connectivity index (χ1v) is 11.3. The normalized spacial score (nSPS) is 20.1. The summed E-state index contributed by atoms with van der Waals surface area (Å²) in [5.41, 5.74) is 3.69. The van der Waals surface area contributed by atoms with Crippen LogP contribution in [0.4, 0.5) is 5.95 Å². The maximum Gasteiger partial charge on any atom is 0.254 e. The van der Waals surface area contributed by atoms with Crippen molar-refractivity contribution in [3.63, 3.8) is 0 Å². The molecular weight excluding hydrogens is 412 g/mol. The lowest BCUT2D eigenvalue weighted by Gasteiger charge is -2.45. The number of carbonyl (C=O) groups excluding carboxylic acids is 1. The second kappa shape index (κ2) is 8.30. The maximum atomic E-state index is 13.6. The van der Waals surface area contributed by atoms with Crippen molar-refractivity contribution in [2.75, 3.05) is 31.1 Å². The quantitative estimate of drug-likeness (QED) is 0.485. The second-order valence-electron chi connectivity index (χ2n) is 8.64. The lowest BCUT2D eigenvalue weighted by molar-refractivity contribution is -0.0848. The van der Waals surface area contributed by atoms with Gasteiger partial charge in [-0.15, -0.1) is 0 Å². The smallest absolute Gasteiger partial charge is 0.254 e. The number of amides is 1. The van der Waals surface area contributed by atoms with Crippen LogP contribution in [-0.4, -0.2) is 59.2 Å². The van der Waals surface area contributed by atoms with E-state index < -0.39 is 0 Å². The molecule has 0 aliphatic carbocycles. The lowest BCUT2D eigenvalue weighted by Crippen LogP contribution is -2.61. The molecule has 1 aromatic heterocycles. The van der Waals surface area contributed by atoms with Gasteiger partial charge in [-0.1, -0.05) is 66.7 Å². The van der Waals surface area contributed by atoms with Crippen LogP contribution in [0.5, 0.6) is 0 Å². The highest BCUT2D eigenvalue weighted by Crippen LogP contribution is 2.28. The number of hydrogen-bond acceptors (Lipinski definition) is 5. The summed E-state index contributed by atoms with van der Waals surface area (Å²) in [6.07, 6.45) is 1.74. The molecule has 0 spiro atoms. The highest BCUT2D eigenvalue weighted by molar-refractivity contribution is 6.01. The van der Waals surface area contributed by atoms with Crippen molar-refractivity contribution in [1.82, 2.24) is 14.9 Å². The number of nitrogens with zero attached hydrogens (tertiary/aromatic N) is 4. The van der Waals surface area contributed by atoms with Crippen LogP contribution in [0.15, 0.2) is 85.1 Å². The van der Waals surface area contributed by atoms with Crippen molar-refractivity contribution in [3.05, 3.63) is 90.6 Å². The number of aromatic nitrogens is 2. The van der Waals surface area contributed by atoms with E-state index in [9.17, 15) is 4.79 Å². The predicted molar refractivity (Wildman–Crippen MR) is 128 cm³/mol. The minimum absolute atomic E-state index is 0.0585. The summed E-state index contributed by atoms with van der Waals surface area (Å²) in [5, 5.41) is 1.03. The molecule has 2 aliphatic heterocycles. The lowest BCUT2D eigenvalue weighted by atomic mass is 9.98. The third kappa shape index (κ3) is 3.83. The van der Waals surface area contributed by atoms with Gasteiger partial charge < -0.3 is 14.5 Å². The number of ether oxygens (including phenoxy) is 1. The Balaban J connectivity index is 1.22. The first kappa shape index (κ1) is 19.9. The minimum Gasteiger partial charge on any atom is -0.368 e. The molecule has 33 heavy (non-hydrogen) atoms. The van der Waals surface area contributed by atoms with Gasteiger partial charge in [-0.25, -0.2) is 9.97 Å². The molecule has 0 saturated carbocycles. The Morgan fingerprint density at radius 3 is 2.33 bits per heavy atom. The third-order valence-corrected chi connectivity index (χ3v) is 6.37. The fraction of sp³-hybridized carbons (Fsp3) is 0.222. The standard InChI is InChI=1S/C27H24N4O2/c32-26(24-12-6-5-11-23(24)19-8-2-1-3-9-19)30-15-21-17-31(18-22(16-30)33-21)27-28-14-20-10-4-7-13-25(20)29-27/h1-14,21-22H,15-18H2. The average molecular weight is 437 g/mol. The van der Waals surface area contributed by atoms with Crippen LogP contribution in [0.25, 0.3) is 22.0 Å². The molecule has 2 saturated heterocycles. The predicted octanol–water partition coefficient (Wildman–Crippen LogP) is 4.03. The Kier molecular flexibility index (Phi) is 5.00. The van der Waals surface area contributed by atoms with Crippen molar-refractivity contribution >= 4 is 22.8 Å². The van der Waals surface area contributed by atoms with E-state index in [1.54, 1.807) is 0 Å². The Morgan fingerprint density at radius 1 is 0.818 bits per heavy atom. The van der Waals surface area contributed by atoms with Gasteiger partial charge in [0.15, 0.2) is 0 Å². The molecule has 2 bridgehead atoms. The summed E-state index contributed by atoms with van der Waals surface area (Å²) in [5.74, 6) is 0.782. The molecule has 2 aliphatic rings. The van der Waals surface area contributed by atoms with Gasteiger partial charge in [0.05, 0.1) is 17.7 Å². The van der Waals surface area contributed by atoms with Gasteiger partial charge in [0.2, 0.25) is 5.95 Å². The average Bonchev–Trinajstić information content (AvgIpc) is 2.88. The minimum atomic E-state index is -0.0691. The fourth-order valence-corrected chi connectivity index (χ4v) is 4.85. The van der Waals surface area contributed by atoms with Crippen molar-refractivity contribution in [2.45, 2.75) is 12.2 Å². The van der Waals surface area contributed by atoms with Crippen molar-refractivity contribution < 1.29 is 9.53 Å². The molecule has 164 valence electrons. The van der Waals surface area contributed by atoms with E-state index in [0.29, 0.717) is 26.2 Å². The van der Waals surface area contributed by atoms with Crippen molar-refractivity contribution in [2.24, 2.45) is 0 Å². The molecule has 3 heterocycles. The third-order valence-electron chi connectivity index (χ3n) is 6.37. The number of fused-ring (bicyclic) bond motifs is 3. The number of carbonyl (C=O) groups is 1. The largest absolute Gasteiger partial charge is 0.368 e. The Bertz CT molecular complexity index is 1300. The molecule has 6 nitrogen and oxygen atoms in total. The molecule has 0 N–H and O–H groups in total. The zero-order chi connectivity index (χ0) is 22.2. The first-order chi connectivity index (χ1) is 16.2. The molecule has 2 atom stereocenters. The molecule has 2 unspecified atom stereocenters. The Hall–Kier alpha value is -3.77. The van der Waals surface area contributed by atoms with Crippen LogP contribution in [0.2, 0.25) is 0 Å². The maximum absolute atomic E-state index is 13.6. The molecule has 6 heteroatoms. The fourth-order valence-electron chi connectivity index (χ4n) is 4.85. The number of morpholine rings is 2. The van der Waals surface area contributed by atoms with E-state index in [0.717, 1.165) is 33.5 Å². The monoisotopic (exact) mass is 436 g/mol. The molecule has 4 aromatic rings. The second-order valence-corrected chi connectivity index (χ2v) is 8.64. The summed E-state index contributed by atoms with van der Waals surface area (Å²) < 4.78 is 6.20. The zero-order valence-corrected chi connectivity index (χ0v) is 18.2. The Labute approximate surface area is 192 Å². The topological polar surface area (TPSA) is 58.6 Å². The summed E-state index contributed by atoms with van der Waals surface area (Å²) in [4.78, 5) is 27.0. The highest BCUT2D eigenvalue weighted by atomic mass is 16.5. The van der Waals surface area contributed by atoms with E-state index in [4.69, 9.17) is 9.72 Å². The highest BCUT2D eigenvalue weighted by Gasteiger charge is 2.38. The van der Waals surface area contributed by atoms with Crippen LogP contribution >= 0.6 is 0 Å². The van der Waals surface area contributed by atoms with Crippen molar-refractivity contribution in [3.8, 4) is 11.1 Å². The Morgan fingerprint density at radius 2 is 1.52 bits per heavy atom. The number of benzene rings is 3. The van der Waals surface area contributed by atoms with E-state index in [2.05, 4.69) is 9.88 Å². The van der Waals surface area contributed by atoms with E-state index in [-0.39, 0.29) is 18.1 Å². The van der Waals surface area contributed by atoms with Crippen LogP contribution in [0.1, 0.15) is 10.4 Å². The molecule has 2 fully saturated rings. The summed E-state index contributed by atoms with van der Waals surface area (Å²) >= 11 is 0. The van der Waals surface area contributed by atoms with Gasteiger partial charge in [0.25, 0.3) is 5.91 Å². The molecule has 3 aromatic carbocycles. The van der Waals surface area contributed by atoms with Crippen LogP contribution < -0.4 is 4.90 Å². The van der Waals surface area contributed by atoms with Gasteiger partial charge in [0, 0.05) is 43.3 Å². The van der Waals surface area contributed by atoms with Gasteiger partial charge in [-0.2, -0.15) is 0 Å². The molecule has 0 radical (unpaired) electrons. The first-order valence-electron chi connectivity index (χ1n) is 11.3. The van der Waals surface area contributed by atoms with E-state index in [1.807, 2.05) is 90.0 Å². The van der Waals surface area contributed by atoms with Crippen LogP contribution in [-0.2, 0) is 4.74 Å². The molecular formula is C27H24N4O2. The molecule has 1 amide bonds. The number of anilines is 1. The summed E-state index contributed by atoms with van der Waals surface area (Å²) in [6.45, 7) is 2.45. The van der Waals surface area contributed by atoms with Crippen molar-refractivity contribution in [1.29, 1.82) is 0 Å². The molecule has 6 rings (SSSR count). The SMILES string of the molecule is O=C(c1ccccc1-c1ccccc1)N1CC2CN(c3ncc4ccccc4n3)CC(C1)O2. The summed E-state index contributed by atoms with van der Waals surface area (Å²) in [6, 6.07) is 25.9. The number of rotatable bonds is 3. The van der Waals surface area contributed by atoms with Gasteiger partial charge in [-0.3, -0.25) is 4.79 Å². The van der Waals surface area contributed by atoms with E-state index in [1.165, 1.54) is 0 Å². The number of hydrogen-bond donors (Lipinski definition) is 0. The van der Waals surface area contributed by atoms with Gasteiger partial charge in [0.1, 0.15) is 0 Å². The van der Waals surface area contributed by atoms with Crippen LogP contribution in [0, 0.1) is 0 Å².